The number of benzene rings is 1. The number of thiazole rings is 1. The molecule has 3 amide bonds. The Labute approximate surface area is 157 Å². The smallest absolute Gasteiger partial charge is 0.317 e. The molecule has 1 saturated heterocycles. The van der Waals surface area contributed by atoms with Crippen molar-refractivity contribution in [3.05, 3.63) is 47.5 Å². The van der Waals surface area contributed by atoms with E-state index in [0.29, 0.717) is 37.6 Å². The maximum Gasteiger partial charge on any atom is 0.317 e. The molecule has 2 N–H and O–H groups in total. The predicted molar refractivity (Wildman–Crippen MR) is 103 cm³/mol. The van der Waals surface area contributed by atoms with Gasteiger partial charge in [-0.2, -0.15) is 0 Å². The lowest BCUT2D eigenvalue weighted by Crippen LogP contribution is -2.46. The van der Waals surface area contributed by atoms with Crippen molar-refractivity contribution in [1.82, 2.24) is 15.2 Å². The molecule has 1 fully saturated rings. The Balaban J connectivity index is 1.33. The SMILES string of the molecule is O=C(Nc1nccs1)C1CCN(C(=O)NCCCc2ccccc2)CC1. The van der Waals surface area contributed by atoms with Crippen molar-refractivity contribution in [2.45, 2.75) is 25.7 Å². The molecule has 1 aromatic carbocycles. The first-order valence-electron chi connectivity index (χ1n) is 8.99. The van der Waals surface area contributed by atoms with Crippen molar-refractivity contribution in [2.75, 3.05) is 25.0 Å². The van der Waals surface area contributed by atoms with Gasteiger partial charge in [-0.1, -0.05) is 30.3 Å². The summed E-state index contributed by atoms with van der Waals surface area (Å²) in [4.78, 5) is 30.3. The number of rotatable bonds is 6. The van der Waals surface area contributed by atoms with Crippen LogP contribution in [0.25, 0.3) is 0 Å². The van der Waals surface area contributed by atoms with E-state index >= 15 is 0 Å². The van der Waals surface area contributed by atoms with Crippen LogP contribution in [-0.2, 0) is 11.2 Å². The number of aryl methyl sites for hydroxylation is 1. The normalized spacial score (nSPS) is 14.8. The molecule has 0 atom stereocenters. The van der Waals surface area contributed by atoms with Crippen molar-refractivity contribution in [1.29, 1.82) is 0 Å². The standard InChI is InChI=1S/C19H24N4O2S/c24-17(22-18-20-11-14-26-18)16-8-12-23(13-9-16)19(25)21-10-4-7-15-5-2-1-3-6-15/h1-3,5-6,11,14,16H,4,7-10,12-13H2,(H,21,25)(H,20,22,24). The van der Waals surface area contributed by atoms with E-state index in [0.717, 1.165) is 12.8 Å². The molecule has 26 heavy (non-hydrogen) atoms. The number of hydrogen-bond donors (Lipinski definition) is 2. The molecule has 0 spiro atoms. The Hall–Kier alpha value is -2.41. The number of urea groups is 1. The topological polar surface area (TPSA) is 74.3 Å². The second kappa shape index (κ2) is 9.33. The second-order valence-corrected chi connectivity index (χ2v) is 7.30. The number of carbonyl (C=O) groups is 2. The van der Waals surface area contributed by atoms with Gasteiger partial charge in [0.25, 0.3) is 0 Å². The first-order valence-corrected chi connectivity index (χ1v) is 9.87. The first kappa shape index (κ1) is 18.4. The van der Waals surface area contributed by atoms with Crippen LogP contribution in [0.15, 0.2) is 41.9 Å². The van der Waals surface area contributed by atoms with Crippen LogP contribution in [0.5, 0.6) is 0 Å². The lowest BCUT2D eigenvalue weighted by molar-refractivity contribution is -0.121. The van der Waals surface area contributed by atoms with Crippen LogP contribution in [0, 0.1) is 5.92 Å². The fourth-order valence-corrected chi connectivity index (χ4v) is 3.61. The summed E-state index contributed by atoms with van der Waals surface area (Å²) in [5.74, 6) is -0.0519. The van der Waals surface area contributed by atoms with Gasteiger partial charge >= 0.3 is 6.03 Å². The molecule has 0 saturated carbocycles. The van der Waals surface area contributed by atoms with Crippen molar-refractivity contribution < 1.29 is 9.59 Å². The van der Waals surface area contributed by atoms with Crippen LogP contribution in [0.2, 0.25) is 0 Å². The Morgan fingerprint density at radius 3 is 2.65 bits per heavy atom. The van der Waals surface area contributed by atoms with Gasteiger partial charge in [0.05, 0.1) is 0 Å². The zero-order valence-electron chi connectivity index (χ0n) is 14.7. The summed E-state index contributed by atoms with van der Waals surface area (Å²) in [6.45, 7) is 1.89. The molecule has 6 nitrogen and oxygen atoms in total. The Morgan fingerprint density at radius 1 is 1.19 bits per heavy atom. The van der Waals surface area contributed by atoms with E-state index in [9.17, 15) is 9.59 Å². The highest BCUT2D eigenvalue weighted by Gasteiger charge is 2.27. The summed E-state index contributed by atoms with van der Waals surface area (Å²) in [6, 6.07) is 10.2. The lowest BCUT2D eigenvalue weighted by Gasteiger charge is -2.31. The minimum Gasteiger partial charge on any atom is -0.338 e. The van der Waals surface area contributed by atoms with Gasteiger partial charge in [-0.3, -0.25) is 4.79 Å². The number of carbonyl (C=O) groups excluding carboxylic acids is 2. The molecular formula is C19H24N4O2S. The molecule has 0 aliphatic carbocycles. The van der Waals surface area contributed by atoms with E-state index < -0.39 is 0 Å². The highest BCUT2D eigenvalue weighted by atomic mass is 32.1. The van der Waals surface area contributed by atoms with Crippen molar-refractivity contribution in [3.63, 3.8) is 0 Å². The number of amides is 3. The zero-order chi connectivity index (χ0) is 18.2. The number of anilines is 1. The minimum absolute atomic E-state index is 0.00266. The molecule has 7 heteroatoms. The number of aromatic nitrogens is 1. The first-order chi connectivity index (χ1) is 12.7. The average molecular weight is 372 g/mol. The van der Waals surface area contributed by atoms with Crippen LogP contribution in [0.4, 0.5) is 9.93 Å². The third-order valence-electron chi connectivity index (χ3n) is 4.58. The summed E-state index contributed by atoms with van der Waals surface area (Å²) >= 11 is 1.41. The van der Waals surface area contributed by atoms with E-state index in [-0.39, 0.29) is 17.9 Å². The monoisotopic (exact) mass is 372 g/mol. The van der Waals surface area contributed by atoms with E-state index in [1.54, 1.807) is 11.1 Å². The molecule has 0 unspecified atom stereocenters. The number of likely N-dealkylation sites (tertiary alicyclic amines) is 1. The maximum atomic E-state index is 12.2. The van der Waals surface area contributed by atoms with Gasteiger partial charge in [0.1, 0.15) is 0 Å². The molecule has 1 aliphatic heterocycles. The van der Waals surface area contributed by atoms with Crippen LogP contribution in [-0.4, -0.2) is 41.5 Å². The Kier molecular flexibility index (Phi) is 6.60. The summed E-state index contributed by atoms with van der Waals surface area (Å²) in [5.41, 5.74) is 1.29. The van der Waals surface area contributed by atoms with Gasteiger partial charge in [0.15, 0.2) is 5.13 Å². The molecule has 3 rings (SSSR count). The van der Waals surface area contributed by atoms with Crippen molar-refractivity contribution in [3.8, 4) is 0 Å². The molecule has 1 aromatic heterocycles. The minimum atomic E-state index is -0.0546. The predicted octanol–water partition coefficient (Wildman–Crippen LogP) is 3.14. The van der Waals surface area contributed by atoms with E-state index in [1.165, 1.54) is 16.9 Å². The van der Waals surface area contributed by atoms with Crippen molar-refractivity contribution in [2.24, 2.45) is 5.92 Å². The summed E-state index contributed by atoms with van der Waals surface area (Å²) in [7, 11) is 0. The third kappa shape index (κ3) is 5.29. The molecule has 2 aromatic rings. The summed E-state index contributed by atoms with van der Waals surface area (Å²) in [5, 5.41) is 8.29. The Morgan fingerprint density at radius 2 is 1.96 bits per heavy atom. The highest BCUT2D eigenvalue weighted by molar-refractivity contribution is 7.13. The second-order valence-electron chi connectivity index (χ2n) is 6.41. The fraction of sp³-hybridized carbons (Fsp3) is 0.421. The number of nitrogens with one attached hydrogen (secondary N) is 2. The lowest BCUT2D eigenvalue weighted by atomic mass is 9.96. The van der Waals surface area contributed by atoms with E-state index in [4.69, 9.17) is 0 Å². The van der Waals surface area contributed by atoms with Gasteiger partial charge in [-0.25, -0.2) is 9.78 Å². The molecule has 138 valence electrons. The molecule has 2 heterocycles. The highest BCUT2D eigenvalue weighted by Crippen LogP contribution is 2.20. The maximum absolute atomic E-state index is 12.2. The molecule has 0 bridgehead atoms. The van der Waals surface area contributed by atoms with E-state index in [2.05, 4.69) is 27.8 Å². The molecular weight excluding hydrogens is 348 g/mol. The third-order valence-corrected chi connectivity index (χ3v) is 5.27. The van der Waals surface area contributed by atoms with Crippen LogP contribution < -0.4 is 10.6 Å². The van der Waals surface area contributed by atoms with Crippen LogP contribution >= 0.6 is 11.3 Å². The zero-order valence-corrected chi connectivity index (χ0v) is 15.5. The molecule has 1 aliphatic rings. The largest absolute Gasteiger partial charge is 0.338 e. The van der Waals surface area contributed by atoms with E-state index in [1.807, 2.05) is 23.6 Å². The van der Waals surface area contributed by atoms with Gasteiger partial charge in [0.2, 0.25) is 5.91 Å². The number of nitrogens with zero attached hydrogens (tertiary/aromatic N) is 2. The van der Waals surface area contributed by atoms with Crippen LogP contribution in [0.1, 0.15) is 24.8 Å². The van der Waals surface area contributed by atoms with Gasteiger partial charge < -0.3 is 15.5 Å². The van der Waals surface area contributed by atoms with Crippen molar-refractivity contribution >= 4 is 28.4 Å². The number of hydrogen-bond acceptors (Lipinski definition) is 4. The van der Waals surface area contributed by atoms with Gasteiger partial charge in [0, 0.05) is 37.1 Å². The number of piperidine rings is 1. The molecule has 0 radical (unpaired) electrons. The van der Waals surface area contributed by atoms with Gasteiger partial charge in [-0.05, 0) is 31.2 Å². The summed E-state index contributed by atoms with van der Waals surface area (Å²) in [6.07, 6.45) is 4.93. The quantitative estimate of drug-likeness (QED) is 0.765. The fourth-order valence-electron chi connectivity index (χ4n) is 3.08. The summed E-state index contributed by atoms with van der Waals surface area (Å²) < 4.78 is 0. The Bertz CT molecular complexity index is 698. The van der Waals surface area contributed by atoms with Crippen LogP contribution in [0.3, 0.4) is 0 Å². The van der Waals surface area contributed by atoms with Gasteiger partial charge in [-0.15, -0.1) is 11.3 Å². The average Bonchev–Trinajstić information content (AvgIpc) is 3.19.